The Kier molecular flexibility index (Phi) is 8.13. The average molecular weight is 829 g/mol. The highest BCUT2D eigenvalue weighted by Crippen LogP contribution is 2.40. The number of halogens is 1. The van der Waals surface area contributed by atoms with Gasteiger partial charge in [-0.2, -0.15) is 0 Å². The molecule has 0 spiro atoms. The topological polar surface area (TPSA) is 71.0 Å². The molecule has 1 fully saturated rings. The summed E-state index contributed by atoms with van der Waals surface area (Å²) in [5.41, 5.74) is 11.5. The molecule has 8 aromatic carbocycles. The molecule has 0 bridgehead atoms. The van der Waals surface area contributed by atoms with Crippen molar-refractivity contribution in [3.8, 4) is 22.3 Å². The van der Waals surface area contributed by atoms with Crippen LogP contribution in [0.3, 0.4) is 0 Å². The third kappa shape index (κ3) is 5.95. The van der Waals surface area contributed by atoms with Gasteiger partial charge in [0, 0.05) is 54.2 Å². The summed E-state index contributed by atoms with van der Waals surface area (Å²) in [7, 11) is -0.413. The molecule has 12 aromatic rings. The van der Waals surface area contributed by atoms with Gasteiger partial charge in [0.15, 0.2) is 0 Å². The Morgan fingerprint density at radius 2 is 0.661 bits per heavy atom. The van der Waals surface area contributed by atoms with E-state index in [0.717, 1.165) is 115 Å². The number of hydrogen-bond acceptors (Lipinski definition) is 6. The summed E-state index contributed by atoms with van der Waals surface area (Å²) >= 11 is 6.09. The second-order valence-electron chi connectivity index (χ2n) is 17.2. The van der Waals surface area contributed by atoms with Gasteiger partial charge in [-0.15, -0.1) is 0 Å². The summed E-state index contributed by atoms with van der Waals surface area (Å²) in [6.45, 7) is 8.27. The maximum Gasteiger partial charge on any atom is 0.494 e. The van der Waals surface area contributed by atoms with Crippen LogP contribution in [0.1, 0.15) is 27.7 Å². The molecule has 0 radical (unpaired) electrons. The van der Waals surface area contributed by atoms with Crippen molar-refractivity contribution < 1.29 is 27.0 Å². The molecule has 6 nitrogen and oxygen atoms in total. The Morgan fingerprint density at radius 3 is 1.10 bits per heavy atom. The lowest BCUT2D eigenvalue weighted by atomic mass is 9.79. The minimum Gasteiger partial charge on any atom is -0.456 e. The average Bonchev–Trinajstić information content (AvgIpc) is 4.07. The maximum atomic E-state index is 6.32. The fraction of sp³-hybridized carbons (Fsp3) is 0.111. The number of fused-ring (bicyclic) bond motifs is 12. The Morgan fingerprint density at radius 1 is 0.339 bits per heavy atom. The van der Waals surface area contributed by atoms with Crippen molar-refractivity contribution in [2.45, 2.75) is 38.9 Å². The zero-order valence-corrected chi connectivity index (χ0v) is 35.2. The van der Waals surface area contributed by atoms with Gasteiger partial charge in [-0.1, -0.05) is 84.4 Å². The fourth-order valence-electron chi connectivity index (χ4n) is 8.84. The quantitative estimate of drug-likeness (QED) is 0.165. The summed E-state index contributed by atoms with van der Waals surface area (Å²) in [6, 6.07) is 53.6. The first-order valence-electron chi connectivity index (χ1n) is 20.8. The van der Waals surface area contributed by atoms with Crippen LogP contribution in [0.25, 0.3) is 110 Å². The molecule has 4 aromatic heterocycles. The second-order valence-corrected chi connectivity index (χ2v) is 17.7. The molecule has 300 valence electrons. The van der Waals surface area contributed by atoms with Gasteiger partial charge >= 0.3 is 7.12 Å². The van der Waals surface area contributed by atoms with E-state index in [9.17, 15) is 0 Å². The van der Waals surface area contributed by atoms with Crippen LogP contribution < -0.4 is 5.46 Å². The van der Waals surface area contributed by atoms with Crippen LogP contribution in [-0.4, -0.2) is 18.3 Å². The van der Waals surface area contributed by atoms with E-state index >= 15 is 0 Å². The summed E-state index contributed by atoms with van der Waals surface area (Å²) in [5, 5.41) is 9.57. The summed E-state index contributed by atoms with van der Waals surface area (Å²) in [6.07, 6.45) is 0. The minimum absolute atomic E-state index is 0.379. The van der Waals surface area contributed by atoms with Crippen molar-refractivity contribution in [1.29, 1.82) is 0 Å². The molecule has 0 N–H and O–H groups in total. The SMILES string of the molecule is CC1(C)OB(c2ccc3c(c2)oc2cc(-c4ccc5c(c4)oc4ccccc45)ccc23)OC1(C)C.Clc1ccc2c(c1)oc1cc(-c3ccc4c(c3)oc3ccccc34)ccc12. The van der Waals surface area contributed by atoms with Crippen LogP contribution in [0.4, 0.5) is 0 Å². The number of benzene rings is 8. The van der Waals surface area contributed by atoms with Crippen molar-refractivity contribution in [1.82, 2.24) is 0 Å². The first-order chi connectivity index (χ1) is 30.0. The molecule has 0 unspecified atom stereocenters. The van der Waals surface area contributed by atoms with Gasteiger partial charge in [0.1, 0.15) is 44.7 Å². The summed E-state index contributed by atoms with van der Waals surface area (Å²) < 4.78 is 36.9. The van der Waals surface area contributed by atoms with E-state index in [0.29, 0.717) is 5.02 Å². The number of rotatable bonds is 3. The molecule has 62 heavy (non-hydrogen) atoms. The van der Waals surface area contributed by atoms with Crippen LogP contribution in [0, 0.1) is 0 Å². The van der Waals surface area contributed by atoms with E-state index in [2.05, 4.69) is 125 Å². The number of furan rings is 4. The molecule has 0 atom stereocenters. The smallest absolute Gasteiger partial charge is 0.456 e. The van der Waals surface area contributed by atoms with Crippen molar-refractivity contribution in [3.05, 3.63) is 163 Å². The highest BCUT2D eigenvalue weighted by Gasteiger charge is 2.51. The van der Waals surface area contributed by atoms with E-state index in [1.54, 1.807) is 0 Å². The minimum atomic E-state index is -0.413. The fourth-order valence-corrected chi connectivity index (χ4v) is 9.00. The third-order valence-electron chi connectivity index (χ3n) is 12.9. The van der Waals surface area contributed by atoms with Gasteiger partial charge in [-0.05, 0) is 134 Å². The predicted octanol–water partition coefficient (Wildman–Crippen LogP) is 15.3. The molecule has 1 saturated heterocycles. The zero-order valence-electron chi connectivity index (χ0n) is 34.4. The summed E-state index contributed by atoms with van der Waals surface area (Å²) in [5.74, 6) is 0. The van der Waals surface area contributed by atoms with Gasteiger partial charge in [-0.3, -0.25) is 0 Å². The number of para-hydroxylation sites is 2. The highest BCUT2D eigenvalue weighted by atomic mass is 35.5. The normalized spacial score (nSPS) is 15.0. The summed E-state index contributed by atoms with van der Waals surface area (Å²) in [4.78, 5) is 0. The van der Waals surface area contributed by atoms with Gasteiger partial charge < -0.3 is 27.0 Å². The van der Waals surface area contributed by atoms with Gasteiger partial charge in [0.2, 0.25) is 0 Å². The first kappa shape index (κ1) is 37.0. The maximum absolute atomic E-state index is 6.32. The van der Waals surface area contributed by atoms with Gasteiger partial charge in [-0.25, -0.2) is 0 Å². The van der Waals surface area contributed by atoms with Crippen LogP contribution in [0.2, 0.25) is 5.02 Å². The Hall–Kier alpha value is -6.77. The van der Waals surface area contributed by atoms with Crippen LogP contribution in [0.5, 0.6) is 0 Å². The Balaban J connectivity index is 0.000000137. The Labute approximate surface area is 361 Å². The van der Waals surface area contributed by atoms with Crippen molar-refractivity contribution in [3.63, 3.8) is 0 Å². The van der Waals surface area contributed by atoms with Crippen molar-refractivity contribution in [2.24, 2.45) is 0 Å². The largest absolute Gasteiger partial charge is 0.494 e. The van der Waals surface area contributed by atoms with Crippen LogP contribution in [0.15, 0.2) is 175 Å². The van der Waals surface area contributed by atoms with E-state index in [1.165, 1.54) is 0 Å². The molecule has 13 rings (SSSR count). The zero-order chi connectivity index (χ0) is 41.9. The standard InChI is InChI=1S/C30H25BO4.C24H13ClO2/c1-29(2)30(3,4)35-31(34-29)20-11-14-24-23-13-10-19(16-27(23)33-28(24)17-20)18-9-12-22-21-7-5-6-8-25(21)32-26(22)15-18;25-16-7-10-20-19-9-6-15(12-23(19)27-24(20)13-16)14-5-8-18-17-3-1-2-4-21(17)26-22(18)11-14/h5-17H,1-4H3;1-13H. The van der Waals surface area contributed by atoms with Crippen molar-refractivity contribution >= 4 is 112 Å². The molecular weight excluding hydrogens is 791 g/mol. The van der Waals surface area contributed by atoms with Crippen LogP contribution in [-0.2, 0) is 9.31 Å². The lowest BCUT2D eigenvalue weighted by molar-refractivity contribution is 0.00578. The third-order valence-corrected chi connectivity index (χ3v) is 13.1. The Bertz CT molecular complexity index is 3740. The molecule has 5 heterocycles. The molecule has 8 heteroatoms. The van der Waals surface area contributed by atoms with E-state index < -0.39 is 7.12 Å². The molecule has 1 aliphatic heterocycles. The van der Waals surface area contributed by atoms with Crippen molar-refractivity contribution in [2.75, 3.05) is 0 Å². The van der Waals surface area contributed by atoms with E-state index in [-0.39, 0.29) is 11.2 Å². The number of hydrogen-bond donors (Lipinski definition) is 0. The first-order valence-corrected chi connectivity index (χ1v) is 21.2. The lowest BCUT2D eigenvalue weighted by Gasteiger charge is -2.32. The molecule has 0 amide bonds. The highest BCUT2D eigenvalue weighted by molar-refractivity contribution is 6.62. The second kappa shape index (κ2) is 13.6. The van der Waals surface area contributed by atoms with Gasteiger partial charge in [0.25, 0.3) is 0 Å². The molecule has 0 saturated carbocycles. The van der Waals surface area contributed by atoms with E-state index in [4.69, 9.17) is 38.6 Å². The van der Waals surface area contributed by atoms with Gasteiger partial charge in [0.05, 0.1) is 11.2 Å². The molecule has 0 aliphatic carbocycles. The predicted molar refractivity (Wildman–Crippen MR) is 254 cm³/mol. The monoisotopic (exact) mass is 828 g/mol. The van der Waals surface area contributed by atoms with Crippen LogP contribution >= 0.6 is 11.6 Å². The lowest BCUT2D eigenvalue weighted by Crippen LogP contribution is -2.41. The molecular formula is C54H38BClO6. The molecule has 1 aliphatic rings. The van der Waals surface area contributed by atoms with E-state index in [1.807, 2.05) is 60.7 Å².